The average molecular weight is 307 g/mol. The van der Waals surface area contributed by atoms with Crippen LogP contribution < -0.4 is 5.32 Å². The molecule has 0 radical (unpaired) electrons. The molecule has 1 aromatic carbocycles. The molecule has 3 atom stereocenters. The van der Waals surface area contributed by atoms with Crippen molar-refractivity contribution < 1.29 is 0 Å². The molecule has 3 heteroatoms. The van der Waals surface area contributed by atoms with E-state index in [9.17, 15) is 0 Å². The van der Waals surface area contributed by atoms with E-state index >= 15 is 0 Å². The summed E-state index contributed by atoms with van der Waals surface area (Å²) >= 11 is 1.96. The Labute approximate surface area is 134 Å². The molecular formula is C18H30N2S. The van der Waals surface area contributed by atoms with Crippen LogP contribution in [0.15, 0.2) is 30.3 Å². The van der Waals surface area contributed by atoms with Crippen molar-refractivity contribution in [3.63, 3.8) is 0 Å². The van der Waals surface area contributed by atoms with E-state index in [0.29, 0.717) is 24.0 Å². The van der Waals surface area contributed by atoms with E-state index in [1.807, 2.05) is 11.8 Å². The van der Waals surface area contributed by atoms with Crippen molar-refractivity contribution in [2.45, 2.75) is 45.3 Å². The van der Waals surface area contributed by atoms with Crippen LogP contribution in [0.1, 0.15) is 38.8 Å². The summed E-state index contributed by atoms with van der Waals surface area (Å²) in [5.74, 6) is 1.94. The van der Waals surface area contributed by atoms with Gasteiger partial charge < -0.3 is 5.32 Å². The van der Waals surface area contributed by atoms with Crippen molar-refractivity contribution in [1.82, 2.24) is 10.2 Å². The Kier molecular flexibility index (Phi) is 6.59. The highest BCUT2D eigenvalue weighted by atomic mass is 32.2. The molecule has 0 bridgehead atoms. The summed E-state index contributed by atoms with van der Waals surface area (Å²) < 4.78 is 0. The standard InChI is InChI=1S/C18H30N2S/c1-14(2)17-13-20(15(3)10-11-21-4)18(12-19-17)16-8-6-5-7-9-16/h5-9,14-15,17-19H,10-13H2,1-4H3. The number of nitrogens with one attached hydrogen (secondary N) is 1. The van der Waals surface area contributed by atoms with Crippen molar-refractivity contribution in [3.05, 3.63) is 35.9 Å². The van der Waals surface area contributed by atoms with Gasteiger partial charge in [-0.25, -0.2) is 0 Å². The van der Waals surface area contributed by atoms with Gasteiger partial charge in [0.05, 0.1) is 0 Å². The highest BCUT2D eigenvalue weighted by Crippen LogP contribution is 2.28. The lowest BCUT2D eigenvalue weighted by atomic mass is 9.94. The average Bonchev–Trinajstić information content (AvgIpc) is 2.52. The van der Waals surface area contributed by atoms with Crippen LogP contribution in [0.5, 0.6) is 0 Å². The molecule has 0 aliphatic carbocycles. The maximum atomic E-state index is 3.76. The summed E-state index contributed by atoms with van der Waals surface area (Å²) in [6.45, 7) is 9.27. The van der Waals surface area contributed by atoms with E-state index in [2.05, 4.69) is 67.6 Å². The molecule has 1 fully saturated rings. The quantitative estimate of drug-likeness (QED) is 0.860. The molecule has 1 aliphatic rings. The molecule has 21 heavy (non-hydrogen) atoms. The summed E-state index contributed by atoms with van der Waals surface area (Å²) in [5, 5.41) is 3.76. The molecule has 1 aliphatic heterocycles. The zero-order valence-electron chi connectivity index (χ0n) is 13.9. The fraction of sp³-hybridized carbons (Fsp3) is 0.667. The van der Waals surface area contributed by atoms with E-state index in [4.69, 9.17) is 0 Å². The summed E-state index contributed by atoms with van der Waals surface area (Å²) in [5.41, 5.74) is 1.45. The number of thioether (sulfide) groups is 1. The van der Waals surface area contributed by atoms with Crippen LogP contribution in [0.4, 0.5) is 0 Å². The lowest BCUT2D eigenvalue weighted by molar-refractivity contribution is 0.0745. The second-order valence-corrected chi connectivity index (χ2v) is 7.50. The van der Waals surface area contributed by atoms with E-state index in [-0.39, 0.29) is 0 Å². The molecule has 0 spiro atoms. The first kappa shape index (κ1) is 16.9. The van der Waals surface area contributed by atoms with Crippen LogP contribution >= 0.6 is 11.8 Å². The molecule has 0 amide bonds. The minimum Gasteiger partial charge on any atom is -0.311 e. The molecule has 2 nitrogen and oxygen atoms in total. The van der Waals surface area contributed by atoms with Gasteiger partial charge in [0, 0.05) is 31.2 Å². The molecule has 2 rings (SSSR count). The first-order valence-corrected chi connectivity index (χ1v) is 9.56. The second kappa shape index (κ2) is 8.21. The third-order valence-corrected chi connectivity index (χ3v) is 5.32. The van der Waals surface area contributed by atoms with Crippen LogP contribution in [0.3, 0.4) is 0 Å². The van der Waals surface area contributed by atoms with Gasteiger partial charge in [-0.05, 0) is 36.8 Å². The molecule has 0 saturated carbocycles. The third kappa shape index (κ3) is 4.48. The minimum absolute atomic E-state index is 0.512. The maximum Gasteiger partial charge on any atom is 0.0476 e. The Morgan fingerprint density at radius 1 is 1.24 bits per heavy atom. The largest absolute Gasteiger partial charge is 0.311 e. The lowest BCUT2D eigenvalue weighted by Crippen LogP contribution is -2.56. The van der Waals surface area contributed by atoms with Gasteiger partial charge >= 0.3 is 0 Å². The second-order valence-electron chi connectivity index (χ2n) is 6.51. The van der Waals surface area contributed by atoms with Crippen molar-refractivity contribution in [2.24, 2.45) is 5.92 Å². The third-order valence-electron chi connectivity index (χ3n) is 4.68. The SMILES string of the molecule is CSCCC(C)N1CC(C(C)C)NCC1c1ccccc1. The van der Waals surface area contributed by atoms with E-state index in [0.717, 1.165) is 13.1 Å². The molecular weight excluding hydrogens is 276 g/mol. The van der Waals surface area contributed by atoms with Gasteiger partial charge in [0.15, 0.2) is 0 Å². The van der Waals surface area contributed by atoms with Crippen LogP contribution in [-0.2, 0) is 0 Å². The Balaban J connectivity index is 2.13. The topological polar surface area (TPSA) is 15.3 Å². The van der Waals surface area contributed by atoms with E-state index in [1.165, 1.54) is 17.7 Å². The monoisotopic (exact) mass is 306 g/mol. The zero-order valence-corrected chi connectivity index (χ0v) is 14.7. The number of benzene rings is 1. The van der Waals surface area contributed by atoms with E-state index < -0.39 is 0 Å². The van der Waals surface area contributed by atoms with Gasteiger partial charge in [0.2, 0.25) is 0 Å². The van der Waals surface area contributed by atoms with Gasteiger partial charge in [-0.2, -0.15) is 11.8 Å². The summed E-state index contributed by atoms with van der Waals surface area (Å²) in [6, 6.07) is 12.7. The van der Waals surface area contributed by atoms with E-state index in [1.54, 1.807) is 0 Å². The Bertz CT molecular complexity index is 407. The molecule has 1 saturated heterocycles. The first-order valence-electron chi connectivity index (χ1n) is 8.16. The molecule has 0 aromatic heterocycles. The summed E-state index contributed by atoms with van der Waals surface area (Å²) in [7, 11) is 0. The van der Waals surface area contributed by atoms with Crippen molar-refractivity contribution in [1.29, 1.82) is 0 Å². The number of hydrogen-bond donors (Lipinski definition) is 1. The molecule has 3 unspecified atom stereocenters. The highest BCUT2D eigenvalue weighted by molar-refractivity contribution is 7.98. The normalized spacial score (nSPS) is 25.2. The fourth-order valence-corrected chi connectivity index (χ4v) is 3.75. The Morgan fingerprint density at radius 2 is 1.95 bits per heavy atom. The fourth-order valence-electron chi connectivity index (χ4n) is 3.17. The number of nitrogens with zero attached hydrogens (tertiary/aromatic N) is 1. The number of piperazine rings is 1. The summed E-state index contributed by atoms with van der Waals surface area (Å²) in [4.78, 5) is 2.73. The predicted molar refractivity (Wildman–Crippen MR) is 95.0 cm³/mol. The maximum absolute atomic E-state index is 3.76. The smallest absolute Gasteiger partial charge is 0.0476 e. The minimum atomic E-state index is 0.512. The highest BCUT2D eigenvalue weighted by Gasteiger charge is 2.32. The Hall–Kier alpha value is -0.510. The van der Waals surface area contributed by atoms with Gasteiger partial charge in [-0.3, -0.25) is 4.90 Å². The number of hydrogen-bond acceptors (Lipinski definition) is 3. The summed E-state index contributed by atoms with van der Waals surface area (Å²) in [6.07, 6.45) is 3.48. The molecule has 1 N–H and O–H groups in total. The lowest BCUT2D eigenvalue weighted by Gasteiger charge is -2.45. The van der Waals surface area contributed by atoms with Crippen LogP contribution in [-0.4, -0.2) is 42.1 Å². The van der Waals surface area contributed by atoms with Crippen molar-refractivity contribution in [2.75, 3.05) is 25.1 Å². The van der Waals surface area contributed by atoms with Gasteiger partial charge in [0.25, 0.3) is 0 Å². The van der Waals surface area contributed by atoms with Gasteiger partial charge in [-0.1, -0.05) is 44.2 Å². The van der Waals surface area contributed by atoms with Gasteiger partial charge in [-0.15, -0.1) is 0 Å². The molecule has 118 valence electrons. The van der Waals surface area contributed by atoms with Gasteiger partial charge in [0.1, 0.15) is 0 Å². The van der Waals surface area contributed by atoms with Crippen LogP contribution in [0, 0.1) is 5.92 Å². The molecule has 1 aromatic rings. The zero-order chi connectivity index (χ0) is 15.2. The Morgan fingerprint density at radius 3 is 2.57 bits per heavy atom. The predicted octanol–water partition coefficient (Wildman–Crippen LogP) is 3.80. The molecule has 1 heterocycles. The first-order chi connectivity index (χ1) is 10.1. The van der Waals surface area contributed by atoms with Crippen LogP contribution in [0.25, 0.3) is 0 Å². The van der Waals surface area contributed by atoms with Crippen LogP contribution in [0.2, 0.25) is 0 Å². The van der Waals surface area contributed by atoms with Crippen molar-refractivity contribution in [3.8, 4) is 0 Å². The number of rotatable bonds is 6. The van der Waals surface area contributed by atoms with Crippen molar-refractivity contribution >= 4 is 11.8 Å².